The number of aromatic amines is 1. The van der Waals surface area contributed by atoms with Gasteiger partial charge in [-0.25, -0.2) is 4.79 Å². The Morgan fingerprint density at radius 3 is 3.05 bits per heavy atom. The van der Waals surface area contributed by atoms with Crippen LogP contribution in [0.15, 0.2) is 38.5 Å². The average molecular weight is 337 g/mol. The zero-order valence-electron chi connectivity index (χ0n) is 10.9. The van der Waals surface area contributed by atoms with Crippen molar-refractivity contribution in [3.8, 4) is 5.75 Å². The zero-order chi connectivity index (χ0) is 14.3. The first-order valence-electron chi connectivity index (χ1n) is 6.29. The second-order valence-electron chi connectivity index (χ2n) is 4.91. The molecule has 0 amide bonds. The number of aromatic nitrogens is 2. The summed E-state index contributed by atoms with van der Waals surface area (Å²) in [6, 6.07) is 5.99. The van der Waals surface area contributed by atoms with Gasteiger partial charge in [0.15, 0.2) is 0 Å². The van der Waals surface area contributed by atoms with Crippen molar-refractivity contribution in [3.05, 3.63) is 60.8 Å². The van der Waals surface area contributed by atoms with Gasteiger partial charge in [-0.05, 0) is 34.5 Å². The summed E-state index contributed by atoms with van der Waals surface area (Å²) in [5.74, 6) is 0.833. The molecule has 0 bridgehead atoms. The van der Waals surface area contributed by atoms with Gasteiger partial charge in [0.05, 0.1) is 11.0 Å². The number of rotatable bonds is 2. The predicted molar refractivity (Wildman–Crippen MR) is 78.3 cm³/mol. The van der Waals surface area contributed by atoms with Crippen LogP contribution in [0.5, 0.6) is 5.75 Å². The molecule has 104 valence electrons. The highest BCUT2D eigenvalue weighted by Gasteiger charge is 2.24. The number of hydrogen-bond donors (Lipinski definition) is 1. The first-order chi connectivity index (χ1) is 9.54. The van der Waals surface area contributed by atoms with Crippen molar-refractivity contribution < 1.29 is 4.74 Å². The molecule has 20 heavy (non-hydrogen) atoms. The maximum absolute atomic E-state index is 11.9. The summed E-state index contributed by atoms with van der Waals surface area (Å²) in [4.78, 5) is 26.2. The molecule has 0 aliphatic carbocycles. The summed E-state index contributed by atoms with van der Waals surface area (Å²) in [5.41, 5.74) is 1.53. The smallest absolute Gasteiger partial charge is 0.328 e. The molecular weight excluding hydrogens is 324 g/mol. The summed E-state index contributed by atoms with van der Waals surface area (Å²) >= 11 is 3.12. The Kier molecular flexibility index (Phi) is 3.25. The van der Waals surface area contributed by atoms with Gasteiger partial charge in [-0.15, -0.1) is 0 Å². The molecule has 0 saturated carbocycles. The number of nitrogens with one attached hydrogen (secondary N) is 1. The Morgan fingerprint density at radius 2 is 2.25 bits per heavy atom. The predicted octanol–water partition coefficient (Wildman–Crippen LogP) is 1.61. The lowest BCUT2D eigenvalue weighted by atomic mass is 10.1. The van der Waals surface area contributed by atoms with E-state index in [1.807, 2.05) is 19.1 Å². The number of benzene rings is 1. The fourth-order valence-electron chi connectivity index (χ4n) is 2.41. The molecule has 1 aliphatic heterocycles. The van der Waals surface area contributed by atoms with Crippen molar-refractivity contribution in [2.24, 2.45) is 0 Å². The Morgan fingerprint density at radius 1 is 1.45 bits per heavy atom. The monoisotopic (exact) mass is 336 g/mol. The molecular formula is C14H13BrN2O3. The number of hydrogen-bond acceptors (Lipinski definition) is 3. The van der Waals surface area contributed by atoms with Gasteiger partial charge in [0.2, 0.25) is 0 Å². The van der Waals surface area contributed by atoms with Crippen molar-refractivity contribution >= 4 is 15.9 Å². The first-order valence-corrected chi connectivity index (χ1v) is 7.08. The minimum absolute atomic E-state index is 0.195. The van der Waals surface area contributed by atoms with Crippen molar-refractivity contribution in [2.75, 3.05) is 0 Å². The van der Waals surface area contributed by atoms with Crippen LogP contribution >= 0.6 is 15.9 Å². The zero-order valence-corrected chi connectivity index (χ0v) is 12.4. The van der Waals surface area contributed by atoms with Gasteiger partial charge in [-0.3, -0.25) is 9.36 Å². The van der Waals surface area contributed by atoms with Crippen molar-refractivity contribution in [2.45, 2.75) is 26.0 Å². The van der Waals surface area contributed by atoms with Gasteiger partial charge < -0.3 is 9.72 Å². The molecule has 1 atom stereocenters. The lowest BCUT2D eigenvalue weighted by Gasteiger charge is -2.11. The summed E-state index contributed by atoms with van der Waals surface area (Å²) in [7, 11) is 0. The molecule has 2 heterocycles. The summed E-state index contributed by atoms with van der Waals surface area (Å²) in [6.45, 7) is 2.26. The Hall–Kier alpha value is -1.82. The number of H-pyrrole nitrogens is 1. The van der Waals surface area contributed by atoms with Crippen LogP contribution in [0, 0.1) is 6.92 Å². The molecule has 1 aliphatic rings. The Balaban J connectivity index is 1.87. The lowest BCUT2D eigenvalue weighted by molar-refractivity contribution is 0.205. The summed E-state index contributed by atoms with van der Waals surface area (Å²) < 4.78 is 7.28. The van der Waals surface area contributed by atoms with E-state index in [1.165, 1.54) is 11.8 Å². The van der Waals surface area contributed by atoms with E-state index in [0.29, 0.717) is 10.9 Å². The van der Waals surface area contributed by atoms with E-state index in [-0.39, 0.29) is 18.2 Å². The van der Waals surface area contributed by atoms with Crippen LogP contribution in [0.4, 0.5) is 0 Å². The van der Waals surface area contributed by atoms with Gasteiger partial charge in [0.25, 0.3) is 5.56 Å². The van der Waals surface area contributed by atoms with E-state index in [1.54, 1.807) is 0 Å². The van der Waals surface area contributed by atoms with Gasteiger partial charge in [0, 0.05) is 12.6 Å². The highest BCUT2D eigenvalue weighted by molar-refractivity contribution is 9.10. The molecule has 0 fully saturated rings. The quantitative estimate of drug-likeness (QED) is 0.906. The van der Waals surface area contributed by atoms with Crippen LogP contribution < -0.4 is 16.0 Å². The third-order valence-corrected chi connectivity index (χ3v) is 3.93. The number of nitrogens with zero attached hydrogens (tertiary/aromatic N) is 1. The minimum atomic E-state index is -0.422. The van der Waals surface area contributed by atoms with Gasteiger partial charge in [0.1, 0.15) is 11.9 Å². The third-order valence-electron chi connectivity index (χ3n) is 3.36. The second-order valence-corrected chi connectivity index (χ2v) is 5.77. The number of halogens is 1. The van der Waals surface area contributed by atoms with Crippen LogP contribution in [-0.2, 0) is 13.0 Å². The molecule has 2 aromatic rings. The molecule has 0 spiro atoms. The van der Waals surface area contributed by atoms with Crippen molar-refractivity contribution in [1.82, 2.24) is 9.55 Å². The fraction of sp³-hybridized carbons (Fsp3) is 0.286. The van der Waals surface area contributed by atoms with Crippen LogP contribution in [-0.4, -0.2) is 15.7 Å². The first kappa shape index (κ1) is 13.2. The normalized spacial score (nSPS) is 16.8. The van der Waals surface area contributed by atoms with Crippen LogP contribution in [0.25, 0.3) is 0 Å². The summed E-state index contributed by atoms with van der Waals surface area (Å²) in [5, 5.41) is 0. The highest BCUT2D eigenvalue weighted by Crippen LogP contribution is 2.29. The minimum Gasteiger partial charge on any atom is -0.488 e. The standard InChI is InChI=1S/C14H13BrN2O3/c1-8-2-3-12-9(4-8)5-10(20-12)7-17-13(18)11(15)6-16-14(17)19/h2-4,6,10H,5,7H2,1H3,(H,16,19). The van der Waals surface area contributed by atoms with Crippen LogP contribution in [0.1, 0.15) is 11.1 Å². The van der Waals surface area contributed by atoms with E-state index < -0.39 is 5.69 Å². The van der Waals surface area contributed by atoms with Gasteiger partial charge in [-0.1, -0.05) is 17.7 Å². The average Bonchev–Trinajstić information content (AvgIpc) is 2.81. The van der Waals surface area contributed by atoms with Crippen molar-refractivity contribution in [3.63, 3.8) is 0 Å². The number of aryl methyl sites for hydroxylation is 1. The van der Waals surface area contributed by atoms with E-state index in [0.717, 1.165) is 15.9 Å². The SMILES string of the molecule is Cc1ccc2c(c1)CC(Cn1c(=O)[nH]cc(Br)c1=O)O2. The maximum Gasteiger partial charge on any atom is 0.328 e. The Bertz CT molecular complexity index is 779. The molecule has 0 saturated heterocycles. The van der Waals surface area contributed by atoms with Gasteiger partial charge in [-0.2, -0.15) is 0 Å². The molecule has 1 N–H and O–H groups in total. The summed E-state index contributed by atoms with van der Waals surface area (Å²) in [6.07, 6.45) is 1.87. The second kappa shape index (κ2) is 4.94. The molecule has 1 aromatic heterocycles. The molecule has 5 nitrogen and oxygen atoms in total. The third kappa shape index (κ3) is 2.31. The van der Waals surface area contributed by atoms with Crippen LogP contribution in [0.2, 0.25) is 0 Å². The topological polar surface area (TPSA) is 64.1 Å². The fourth-order valence-corrected chi connectivity index (χ4v) is 2.73. The number of fused-ring (bicyclic) bond motifs is 1. The molecule has 3 rings (SSSR count). The van der Waals surface area contributed by atoms with E-state index >= 15 is 0 Å². The van der Waals surface area contributed by atoms with E-state index in [4.69, 9.17) is 4.74 Å². The molecule has 6 heteroatoms. The Labute approximate surface area is 123 Å². The number of ether oxygens (including phenoxy) is 1. The molecule has 1 aromatic carbocycles. The van der Waals surface area contributed by atoms with Crippen LogP contribution in [0.3, 0.4) is 0 Å². The van der Waals surface area contributed by atoms with Crippen molar-refractivity contribution in [1.29, 1.82) is 0 Å². The maximum atomic E-state index is 11.9. The highest BCUT2D eigenvalue weighted by atomic mass is 79.9. The largest absolute Gasteiger partial charge is 0.488 e. The van der Waals surface area contributed by atoms with Gasteiger partial charge >= 0.3 is 5.69 Å². The van der Waals surface area contributed by atoms with E-state index in [2.05, 4.69) is 27.0 Å². The molecule has 1 unspecified atom stereocenters. The molecule has 0 radical (unpaired) electrons. The van der Waals surface area contributed by atoms with E-state index in [9.17, 15) is 9.59 Å². The lowest BCUT2D eigenvalue weighted by Crippen LogP contribution is -2.39.